The van der Waals surface area contributed by atoms with Gasteiger partial charge in [-0.05, 0) is 67.5 Å². The third-order valence-electron chi connectivity index (χ3n) is 6.01. The third-order valence-corrected chi connectivity index (χ3v) is 6.01. The van der Waals surface area contributed by atoms with E-state index in [2.05, 4.69) is 15.2 Å². The molecular weight excluding hydrogens is 405 g/mol. The van der Waals surface area contributed by atoms with E-state index < -0.39 is 11.7 Å². The fourth-order valence-electron chi connectivity index (χ4n) is 4.08. The largest absolute Gasteiger partial charge is 0.416 e. The number of benzene rings is 1. The Kier molecular flexibility index (Phi) is 6.46. The van der Waals surface area contributed by atoms with Gasteiger partial charge in [0.1, 0.15) is 0 Å². The number of aromatic nitrogens is 1. The van der Waals surface area contributed by atoms with Crippen LogP contribution < -0.4 is 5.32 Å². The summed E-state index contributed by atoms with van der Waals surface area (Å²) in [6, 6.07) is 8.63. The summed E-state index contributed by atoms with van der Waals surface area (Å²) in [7, 11) is 0. The van der Waals surface area contributed by atoms with Gasteiger partial charge in [-0.3, -0.25) is 9.88 Å². The molecule has 2 amide bonds. The van der Waals surface area contributed by atoms with E-state index in [-0.39, 0.29) is 17.8 Å². The van der Waals surface area contributed by atoms with E-state index in [0.29, 0.717) is 12.5 Å². The van der Waals surface area contributed by atoms with E-state index in [1.165, 1.54) is 17.7 Å². The molecule has 1 aliphatic heterocycles. The van der Waals surface area contributed by atoms with Crippen molar-refractivity contribution in [3.63, 3.8) is 0 Å². The number of carbonyl (C=O) groups excluding carboxylic acids is 1. The third kappa shape index (κ3) is 5.97. The van der Waals surface area contributed by atoms with E-state index >= 15 is 0 Å². The minimum atomic E-state index is -4.43. The molecule has 1 N–H and O–H groups in total. The molecule has 2 fully saturated rings. The Morgan fingerprint density at radius 1 is 1.10 bits per heavy atom. The van der Waals surface area contributed by atoms with Gasteiger partial charge in [0, 0.05) is 50.3 Å². The van der Waals surface area contributed by atoms with Crippen molar-refractivity contribution in [2.75, 3.05) is 25.0 Å². The minimum absolute atomic E-state index is 0.0973. The van der Waals surface area contributed by atoms with Crippen molar-refractivity contribution in [2.45, 2.75) is 44.4 Å². The molecule has 31 heavy (non-hydrogen) atoms. The lowest BCUT2D eigenvalue weighted by Crippen LogP contribution is -2.49. The van der Waals surface area contributed by atoms with Crippen molar-refractivity contribution in [1.29, 1.82) is 0 Å². The first-order chi connectivity index (χ1) is 14.9. The van der Waals surface area contributed by atoms with Crippen LogP contribution in [0, 0.1) is 5.92 Å². The highest BCUT2D eigenvalue weighted by Crippen LogP contribution is 2.33. The molecule has 2 aromatic rings. The van der Waals surface area contributed by atoms with Gasteiger partial charge in [-0.15, -0.1) is 0 Å². The Balaban J connectivity index is 1.38. The zero-order valence-corrected chi connectivity index (χ0v) is 17.3. The number of rotatable bonds is 6. The fraction of sp³-hybridized carbons (Fsp3) is 0.478. The number of nitrogens with one attached hydrogen (secondary N) is 1. The molecule has 8 heteroatoms. The van der Waals surface area contributed by atoms with Gasteiger partial charge in [0.2, 0.25) is 0 Å². The van der Waals surface area contributed by atoms with Crippen LogP contribution in [0.15, 0.2) is 48.8 Å². The number of urea groups is 1. The maximum Gasteiger partial charge on any atom is 0.416 e. The first kappa shape index (κ1) is 21.6. The lowest BCUT2D eigenvalue weighted by molar-refractivity contribution is -0.137. The summed E-state index contributed by atoms with van der Waals surface area (Å²) in [4.78, 5) is 21.3. The van der Waals surface area contributed by atoms with Crippen LogP contribution in [-0.4, -0.2) is 46.5 Å². The van der Waals surface area contributed by atoms with Crippen LogP contribution in [0.4, 0.5) is 23.7 Å². The van der Waals surface area contributed by atoms with E-state index in [4.69, 9.17) is 0 Å². The second-order valence-corrected chi connectivity index (χ2v) is 8.47. The maximum atomic E-state index is 13.0. The van der Waals surface area contributed by atoms with Gasteiger partial charge in [0.25, 0.3) is 0 Å². The number of alkyl halides is 3. The lowest BCUT2D eigenvalue weighted by Gasteiger charge is -2.38. The number of likely N-dealkylation sites (tertiary alicyclic amines) is 1. The molecule has 5 nitrogen and oxygen atoms in total. The number of amides is 2. The maximum absolute atomic E-state index is 13.0. The van der Waals surface area contributed by atoms with Gasteiger partial charge in [-0.25, -0.2) is 4.79 Å². The first-order valence-corrected chi connectivity index (χ1v) is 10.7. The molecule has 1 aromatic carbocycles. The Morgan fingerprint density at radius 3 is 2.45 bits per heavy atom. The number of piperidine rings is 1. The highest BCUT2D eigenvalue weighted by molar-refractivity contribution is 5.89. The van der Waals surface area contributed by atoms with Crippen LogP contribution in [0.25, 0.3) is 0 Å². The standard InChI is InChI=1S/C23H27F3N4O/c24-23(25,26)19-2-1-3-20(14-19)28-22(31)30(16-17-4-5-17)21-8-12-29(13-9-21)15-18-6-10-27-11-7-18/h1-3,6-7,10-11,14,17,21H,4-5,8-9,12-13,15-16H2,(H,28,31). The smallest absolute Gasteiger partial charge is 0.321 e. The van der Waals surface area contributed by atoms with Crippen molar-refractivity contribution < 1.29 is 18.0 Å². The average Bonchev–Trinajstić information content (AvgIpc) is 3.57. The number of hydrogen-bond acceptors (Lipinski definition) is 3. The summed E-state index contributed by atoms with van der Waals surface area (Å²) >= 11 is 0. The highest BCUT2D eigenvalue weighted by Gasteiger charge is 2.34. The SMILES string of the molecule is O=C(Nc1cccc(C(F)(F)F)c1)N(CC1CC1)C1CCN(Cc2ccncc2)CC1. The Labute approximate surface area is 180 Å². The minimum Gasteiger partial charge on any atom is -0.321 e. The van der Waals surface area contributed by atoms with Gasteiger partial charge >= 0.3 is 12.2 Å². The molecule has 1 aliphatic carbocycles. The number of nitrogens with zero attached hydrogens (tertiary/aromatic N) is 3. The summed E-state index contributed by atoms with van der Waals surface area (Å²) in [5.74, 6) is 0.502. The summed E-state index contributed by atoms with van der Waals surface area (Å²) in [5.41, 5.74) is 0.629. The first-order valence-electron chi connectivity index (χ1n) is 10.7. The second kappa shape index (κ2) is 9.26. The molecule has 2 heterocycles. The normalized spacial score (nSPS) is 18.0. The number of pyridine rings is 1. The van der Waals surface area contributed by atoms with E-state index in [1.54, 1.807) is 12.4 Å². The van der Waals surface area contributed by atoms with Crippen LogP contribution in [0.2, 0.25) is 0 Å². The molecule has 1 saturated carbocycles. The van der Waals surface area contributed by atoms with Gasteiger partial charge in [-0.2, -0.15) is 13.2 Å². The summed E-state index contributed by atoms with van der Waals surface area (Å²) in [5, 5.41) is 2.70. The monoisotopic (exact) mass is 432 g/mol. The number of hydrogen-bond donors (Lipinski definition) is 1. The molecular formula is C23H27F3N4O. The number of carbonyl (C=O) groups is 1. The molecule has 0 spiro atoms. The Morgan fingerprint density at radius 2 is 1.81 bits per heavy atom. The summed E-state index contributed by atoms with van der Waals surface area (Å²) in [6.45, 7) is 3.28. The zero-order chi connectivity index (χ0) is 21.8. The van der Waals surface area contributed by atoms with Crippen LogP contribution >= 0.6 is 0 Å². The lowest BCUT2D eigenvalue weighted by atomic mass is 10.0. The van der Waals surface area contributed by atoms with Gasteiger partial charge in [-0.1, -0.05) is 6.07 Å². The molecule has 1 aromatic heterocycles. The predicted octanol–water partition coefficient (Wildman–Crippen LogP) is 5.01. The van der Waals surface area contributed by atoms with E-state index in [1.807, 2.05) is 17.0 Å². The van der Waals surface area contributed by atoms with Crippen molar-refractivity contribution in [1.82, 2.24) is 14.8 Å². The molecule has 166 valence electrons. The summed E-state index contributed by atoms with van der Waals surface area (Å²) < 4.78 is 39.0. The van der Waals surface area contributed by atoms with E-state index in [9.17, 15) is 18.0 Å². The fourth-order valence-corrected chi connectivity index (χ4v) is 4.08. The van der Waals surface area contributed by atoms with Crippen molar-refractivity contribution in [2.24, 2.45) is 5.92 Å². The molecule has 0 atom stereocenters. The summed E-state index contributed by atoms with van der Waals surface area (Å²) in [6.07, 6.45) is 3.06. The highest BCUT2D eigenvalue weighted by atomic mass is 19.4. The quantitative estimate of drug-likeness (QED) is 0.698. The van der Waals surface area contributed by atoms with Crippen molar-refractivity contribution >= 4 is 11.7 Å². The van der Waals surface area contributed by atoms with Gasteiger partial charge < -0.3 is 10.2 Å². The van der Waals surface area contributed by atoms with Crippen molar-refractivity contribution in [3.8, 4) is 0 Å². The number of halogens is 3. The van der Waals surface area contributed by atoms with Crippen LogP contribution in [-0.2, 0) is 12.7 Å². The zero-order valence-electron chi connectivity index (χ0n) is 17.3. The molecule has 0 unspecified atom stereocenters. The van der Waals surface area contributed by atoms with Gasteiger partial charge in [0.15, 0.2) is 0 Å². The molecule has 2 aliphatic rings. The predicted molar refractivity (Wildman–Crippen MR) is 112 cm³/mol. The Hall–Kier alpha value is -2.61. The van der Waals surface area contributed by atoms with Crippen molar-refractivity contribution in [3.05, 3.63) is 59.9 Å². The molecule has 1 saturated heterocycles. The Bertz CT molecular complexity index is 878. The van der Waals surface area contributed by atoms with Crippen LogP contribution in [0.1, 0.15) is 36.8 Å². The van der Waals surface area contributed by atoms with E-state index in [0.717, 1.165) is 57.5 Å². The number of anilines is 1. The van der Waals surface area contributed by atoms with Gasteiger partial charge in [0.05, 0.1) is 5.56 Å². The van der Waals surface area contributed by atoms with Crippen LogP contribution in [0.3, 0.4) is 0 Å². The molecule has 0 bridgehead atoms. The topological polar surface area (TPSA) is 48.5 Å². The van der Waals surface area contributed by atoms with Crippen LogP contribution in [0.5, 0.6) is 0 Å². The molecule has 4 rings (SSSR count). The molecule has 0 radical (unpaired) electrons. The average molecular weight is 432 g/mol. The second-order valence-electron chi connectivity index (χ2n) is 8.47.